The van der Waals surface area contributed by atoms with Crippen LogP contribution in [-0.4, -0.2) is 71.9 Å². The smallest absolute Gasteiger partial charge is 0.321 e. The van der Waals surface area contributed by atoms with Gasteiger partial charge in [-0.25, -0.2) is 4.79 Å². The molecule has 6 heteroatoms. The number of carbonyl (C=O) groups excluding carboxylic acids is 2. The van der Waals surface area contributed by atoms with E-state index < -0.39 is 0 Å². The van der Waals surface area contributed by atoms with E-state index in [-0.39, 0.29) is 11.9 Å². The van der Waals surface area contributed by atoms with Gasteiger partial charge in [0.15, 0.2) is 0 Å². The molecule has 2 aliphatic heterocycles. The van der Waals surface area contributed by atoms with Crippen molar-refractivity contribution < 1.29 is 9.59 Å². The summed E-state index contributed by atoms with van der Waals surface area (Å²) in [6.07, 6.45) is 4.34. The Hall–Kier alpha value is -2.08. The van der Waals surface area contributed by atoms with E-state index in [1.165, 1.54) is 6.42 Å². The number of piperazine rings is 1. The molecule has 0 bridgehead atoms. The maximum absolute atomic E-state index is 12.6. The molecule has 0 saturated carbocycles. The van der Waals surface area contributed by atoms with Gasteiger partial charge in [-0.05, 0) is 44.2 Å². The number of para-hydroxylation sites is 1. The van der Waals surface area contributed by atoms with Gasteiger partial charge >= 0.3 is 6.03 Å². The Morgan fingerprint density at radius 1 is 1.07 bits per heavy atom. The lowest BCUT2D eigenvalue weighted by molar-refractivity contribution is -0.136. The number of piperidine rings is 1. The first-order chi connectivity index (χ1) is 13.1. The van der Waals surface area contributed by atoms with Crippen molar-refractivity contribution in [3.63, 3.8) is 0 Å². The maximum Gasteiger partial charge on any atom is 0.321 e. The highest BCUT2D eigenvalue weighted by atomic mass is 16.2. The minimum atomic E-state index is -0.0495. The Morgan fingerprint density at radius 2 is 1.81 bits per heavy atom. The van der Waals surface area contributed by atoms with Crippen LogP contribution in [0, 0.1) is 0 Å². The molecule has 2 heterocycles. The molecule has 2 aliphatic rings. The summed E-state index contributed by atoms with van der Waals surface area (Å²) in [6.45, 7) is 8.40. The molecule has 1 aromatic carbocycles. The molecule has 148 valence electrons. The highest BCUT2D eigenvalue weighted by Gasteiger charge is 2.27. The van der Waals surface area contributed by atoms with Gasteiger partial charge in [0.1, 0.15) is 0 Å². The van der Waals surface area contributed by atoms with Crippen LogP contribution in [0.25, 0.3) is 0 Å². The van der Waals surface area contributed by atoms with E-state index in [1.54, 1.807) is 0 Å². The lowest BCUT2D eigenvalue weighted by Gasteiger charge is -2.38. The zero-order chi connectivity index (χ0) is 19.2. The number of rotatable bonds is 4. The normalized spacial score (nSPS) is 21.2. The van der Waals surface area contributed by atoms with Crippen LogP contribution in [0.3, 0.4) is 0 Å². The quantitative estimate of drug-likeness (QED) is 0.884. The van der Waals surface area contributed by atoms with Crippen LogP contribution in [0.4, 0.5) is 10.5 Å². The molecule has 0 aromatic heterocycles. The molecular weight excluding hydrogens is 340 g/mol. The summed E-state index contributed by atoms with van der Waals surface area (Å²) in [5.41, 5.74) is 2.03. The van der Waals surface area contributed by atoms with Crippen molar-refractivity contribution in [2.24, 2.45) is 0 Å². The molecule has 3 amide bonds. The Labute approximate surface area is 162 Å². The molecular formula is C21H32N4O2. The SMILES string of the molecule is CCc1ccccc1NC(=O)N1CCN(CC(=O)N2CCCCC2C)CC1. The zero-order valence-corrected chi connectivity index (χ0v) is 16.6. The standard InChI is InChI=1S/C21H32N4O2/c1-3-18-9-4-5-10-19(18)22-21(27)24-14-12-23(13-15-24)16-20(26)25-11-7-6-8-17(25)2/h4-5,9-10,17H,3,6-8,11-16H2,1-2H3,(H,22,27). The topological polar surface area (TPSA) is 55.9 Å². The summed E-state index contributed by atoms with van der Waals surface area (Å²) in [4.78, 5) is 31.2. The first-order valence-corrected chi connectivity index (χ1v) is 10.2. The third-order valence-corrected chi connectivity index (χ3v) is 5.78. The van der Waals surface area contributed by atoms with Gasteiger partial charge in [0, 0.05) is 44.5 Å². The molecule has 27 heavy (non-hydrogen) atoms. The predicted molar refractivity (Wildman–Crippen MR) is 108 cm³/mol. The van der Waals surface area contributed by atoms with Gasteiger partial charge < -0.3 is 15.1 Å². The van der Waals surface area contributed by atoms with E-state index in [2.05, 4.69) is 24.1 Å². The Bertz CT molecular complexity index is 655. The first kappa shape index (κ1) is 19.7. The van der Waals surface area contributed by atoms with Crippen molar-refractivity contribution in [3.05, 3.63) is 29.8 Å². The Balaban J connectivity index is 1.47. The predicted octanol–water partition coefficient (Wildman–Crippen LogP) is 2.80. The van der Waals surface area contributed by atoms with Crippen molar-refractivity contribution in [1.29, 1.82) is 0 Å². The van der Waals surface area contributed by atoms with Crippen LogP contribution in [0.1, 0.15) is 38.7 Å². The number of aryl methyl sites for hydroxylation is 1. The Morgan fingerprint density at radius 3 is 2.52 bits per heavy atom. The fraction of sp³-hybridized carbons (Fsp3) is 0.619. The summed E-state index contributed by atoms with van der Waals surface area (Å²) in [7, 11) is 0. The third kappa shape index (κ3) is 5.01. The number of benzene rings is 1. The summed E-state index contributed by atoms with van der Waals surface area (Å²) >= 11 is 0. The number of hydrogen-bond donors (Lipinski definition) is 1. The minimum absolute atomic E-state index is 0.0495. The van der Waals surface area contributed by atoms with Crippen LogP contribution in [0.15, 0.2) is 24.3 Å². The fourth-order valence-corrected chi connectivity index (χ4v) is 4.00. The number of nitrogens with zero attached hydrogens (tertiary/aromatic N) is 3. The van der Waals surface area contributed by atoms with Gasteiger partial charge in [-0.2, -0.15) is 0 Å². The third-order valence-electron chi connectivity index (χ3n) is 5.78. The van der Waals surface area contributed by atoms with Crippen LogP contribution < -0.4 is 5.32 Å². The monoisotopic (exact) mass is 372 g/mol. The van der Waals surface area contributed by atoms with E-state index in [0.717, 1.165) is 50.1 Å². The average molecular weight is 373 g/mol. The van der Waals surface area contributed by atoms with Gasteiger partial charge in [-0.15, -0.1) is 0 Å². The van der Waals surface area contributed by atoms with Gasteiger partial charge in [0.25, 0.3) is 0 Å². The highest BCUT2D eigenvalue weighted by Crippen LogP contribution is 2.18. The molecule has 0 spiro atoms. The highest BCUT2D eigenvalue weighted by molar-refractivity contribution is 5.90. The summed E-state index contributed by atoms with van der Waals surface area (Å²) in [5, 5.41) is 3.04. The summed E-state index contributed by atoms with van der Waals surface area (Å²) in [5.74, 6) is 0.233. The molecule has 1 unspecified atom stereocenters. The van der Waals surface area contributed by atoms with Crippen molar-refractivity contribution >= 4 is 17.6 Å². The van der Waals surface area contributed by atoms with Gasteiger partial charge in [-0.1, -0.05) is 25.1 Å². The van der Waals surface area contributed by atoms with Crippen molar-refractivity contribution in [1.82, 2.24) is 14.7 Å². The molecule has 1 aromatic rings. The first-order valence-electron chi connectivity index (χ1n) is 10.2. The number of carbonyl (C=O) groups is 2. The zero-order valence-electron chi connectivity index (χ0n) is 16.6. The molecule has 3 rings (SSSR count). The number of nitrogens with one attached hydrogen (secondary N) is 1. The van der Waals surface area contributed by atoms with E-state index >= 15 is 0 Å². The van der Waals surface area contributed by atoms with Crippen molar-refractivity contribution in [3.8, 4) is 0 Å². The van der Waals surface area contributed by atoms with Crippen LogP contribution >= 0.6 is 0 Å². The lowest BCUT2D eigenvalue weighted by atomic mass is 10.0. The van der Waals surface area contributed by atoms with Gasteiger partial charge in [0.05, 0.1) is 6.54 Å². The largest absolute Gasteiger partial charge is 0.339 e. The number of urea groups is 1. The van der Waals surface area contributed by atoms with E-state index in [4.69, 9.17) is 0 Å². The number of likely N-dealkylation sites (tertiary alicyclic amines) is 1. The number of anilines is 1. The summed E-state index contributed by atoms with van der Waals surface area (Å²) in [6, 6.07) is 8.24. The van der Waals surface area contributed by atoms with Gasteiger partial charge in [-0.3, -0.25) is 9.69 Å². The minimum Gasteiger partial charge on any atom is -0.339 e. The second-order valence-corrected chi connectivity index (χ2v) is 7.64. The van der Waals surface area contributed by atoms with Crippen molar-refractivity contribution in [2.75, 3.05) is 44.6 Å². The second kappa shape index (κ2) is 9.22. The van der Waals surface area contributed by atoms with E-state index in [9.17, 15) is 9.59 Å². The summed E-state index contributed by atoms with van der Waals surface area (Å²) < 4.78 is 0. The van der Waals surface area contributed by atoms with E-state index in [1.807, 2.05) is 34.1 Å². The van der Waals surface area contributed by atoms with E-state index in [0.29, 0.717) is 25.7 Å². The number of amides is 3. The van der Waals surface area contributed by atoms with Crippen LogP contribution in [0.5, 0.6) is 0 Å². The number of hydrogen-bond acceptors (Lipinski definition) is 3. The van der Waals surface area contributed by atoms with Crippen LogP contribution in [0.2, 0.25) is 0 Å². The maximum atomic E-state index is 12.6. The fourth-order valence-electron chi connectivity index (χ4n) is 4.00. The molecule has 0 aliphatic carbocycles. The van der Waals surface area contributed by atoms with Crippen molar-refractivity contribution in [2.45, 2.75) is 45.6 Å². The lowest BCUT2D eigenvalue weighted by Crippen LogP contribution is -2.53. The van der Waals surface area contributed by atoms with Gasteiger partial charge in [0.2, 0.25) is 5.91 Å². The second-order valence-electron chi connectivity index (χ2n) is 7.64. The molecule has 1 N–H and O–H groups in total. The molecule has 1 atom stereocenters. The van der Waals surface area contributed by atoms with Crippen LogP contribution in [-0.2, 0) is 11.2 Å². The molecule has 2 saturated heterocycles. The molecule has 6 nitrogen and oxygen atoms in total. The molecule has 0 radical (unpaired) electrons. The molecule has 2 fully saturated rings. The average Bonchev–Trinajstić information content (AvgIpc) is 2.69. The Kier molecular flexibility index (Phi) is 6.72.